The smallest absolute Gasteiger partial charge is 0.279 e. The van der Waals surface area contributed by atoms with Gasteiger partial charge in [0.1, 0.15) is 0 Å². The lowest BCUT2D eigenvalue weighted by Gasteiger charge is -2.26. The summed E-state index contributed by atoms with van der Waals surface area (Å²) in [6.45, 7) is 3.63. The summed E-state index contributed by atoms with van der Waals surface area (Å²) in [5.74, 6) is 0. The molecule has 15 heavy (non-hydrogen) atoms. The zero-order valence-electron chi connectivity index (χ0n) is 8.91. The number of rotatable bonds is 6. The van der Waals surface area contributed by atoms with Gasteiger partial charge in [0.2, 0.25) is 0 Å². The molecule has 0 radical (unpaired) electrons. The molecule has 0 spiro atoms. The first kappa shape index (κ1) is 12.9. The van der Waals surface area contributed by atoms with Crippen LogP contribution in [0.25, 0.3) is 0 Å². The molecule has 1 fully saturated rings. The van der Waals surface area contributed by atoms with E-state index in [1.807, 2.05) is 0 Å². The van der Waals surface area contributed by atoms with Gasteiger partial charge in [0.25, 0.3) is 10.2 Å². The lowest BCUT2D eigenvalue weighted by atomic mass is 10.3. The average Bonchev–Trinajstić information content (AvgIpc) is 2.26. The Hall–Kier alpha value is -0.210. The minimum atomic E-state index is -3.26. The van der Waals surface area contributed by atoms with Crippen molar-refractivity contribution in [2.24, 2.45) is 5.73 Å². The van der Waals surface area contributed by atoms with Crippen molar-refractivity contribution in [3.05, 3.63) is 0 Å². The Balaban J connectivity index is 2.30. The first-order chi connectivity index (χ1) is 7.17. The summed E-state index contributed by atoms with van der Waals surface area (Å²) in [5, 5.41) is 3.11. The van der Waals surface area contributed by atoms with E-state index in [2.05, 4.69) is 10.0 Å². The van der Waals surface area contributed by atoms with E-state index in [9.17, 15) is 8.42 Å². The molecule has 0 aliphatic carbocycles. The molecule has 0 aromatic carbocycles. The summed E-state index contributed by atoms with van der Waals surface area (Å²) >= 11 is 0. The molecule has 1 aliphatic rings. The van der Waals surface area contributed by atoms with Crippen LogP contribution in [0.2, 0.25) is 0 Å². The van der Waals surface area contributed by atoms with Crippen molar-refractivity contribution in [3.63, 3.8) is 0 Å². The van der Waals surface area contributed by atoms with Crippen molar-refractivity contribution in [1.29, 1.82) is 0 Å². The lowest BCUT2D eigenvalue weighted by Crippen LogP contribution is -2.50. The highest BCUT2D eigenvalue weighted by Crippen LogP contribution is 1.99. The number of hydrogen-bond acceptors (Lipinski definition) is 4. The Kier molecular flexibility index (Phi) is 5.48. The van der Waals surface area contributed by atoms with Crippen LogP contribution < -0.4 is 15.8 Å². The fraction of sp³-hybridized carbons (Fsp3) is 1.00. The molecule has 0 aromatic heterocycles. The highest BCUT2D eigenvalue weighted by Gasteiger charge is 2.22. The predicted molar refractivity (Wildman–Crippen MR) is 59.7 cm³/mol. The molecular weight excluding hydrogens is 216 g/mol. The quantitative estimate of drug-likeness (QED) is 0.488. The Labute approximate surface area is 91.4 Å². The van der Waals surface area contributed by atoms with Crippen LogP contribution >= 0.6 is 0 Å². The number of hydrogen-bond donors (Lipinski definition) is 3. The highest BCUT2D eigenvalue weighted by molar-refractivity contribution is 7.87. The van der Waals surface area contributed by atoms with Gasteiger partial charge in [-0.3, -0.25) is 0 Å². The molecule has 1 saturated heterocycles. The molecule has 0 saturated carbocycles. The van der Waals surface area contributed by atoms with E-state index in [1.54, 1.807) is 0 Å². The Morgan fingerprint density at radius 2 is 1.93 bits per heavy atom. The number of unbranched alkanes of at least 4 members (excludes halogenated alkanes) is 1. The first-order valence-corrected chi connectivity index (χ1v) is 6.76. The van der Waals surface area contributed by atoms with Crippen LogP contribution in [-0.4, -0.2) is 52.0 Å². The van der Waals surface area contributed by atoms with Gasteiger partial charge >= 0.3 is 0 Å². The molecule has 1 heterocycles. The van der Waals surface area contributed by atoms with E-state index in [1.165, 1.54) is 4.31 Å². The summed E-state index contributed by atoms with van der Waals surface area (Å²) in [5.41, 5.74) is 5.33. The number of nitrogens with zero attached hydrogens (tertiary/aromatic N) is 1. The zero-order valence-corrected chi connectivity index (χ0v) is 9.72. The summed E-state index contributed by atoms with van der Waals surface area (Å²) < 4.78 is 27.5. The third-order valence-electron chi connectivity index (χ3n) is 2.33. The molecule has 6 nitrogen and oxygen atoms in total. The average molecular weight is 236 g/mol. The van der Waals surface area contributed by atoms with Crippen molar-refractivity contribution in [3.8, 4) is 0 Å². The number of nitrogens with one attached hydrogen (secondary N) is 2. The second kappa shape index (κ2) is 6.39. The molecule has 0 aromatic rings. The molecule has 1 aliphatic heterocycles. The summed E-state index contributed by atoms with van der Waals surface area (Å²) in [6, 6.07) is 0. The third-order valence-corrected chi connectivity index (χ3v) is 3.95. The molecule has 4 N–H and O–H groups in total. The van der Waals surface area contributed by atoms with Gasteiger partial charge in [-0.1, -0.05) is 0 Å². The number of piperazine rings is 1. The second-order valence-electron chi connectivity index (χ2n) is 3.54. The maximum atomic E-state index is 11.7. The maximum absolute atomic E-state index is 11.7. The monoisotopic (exact) mass is 236 g/mol. The summed E-state index contributed by atoms with van der Waals surface area (Å²) in [4.78, 5) is 0. The van der Waals surface area contributed by atoms with Crippen LogP contribution in [0.1, 0.15) is 12.8 Å². The fourth-order valence-electron chi connectivity index (χ4n) is 1.45. The topological polar surface area (TPSA) is 87.5 Å². The molecular formula is C8H20N4O2S. The standard InChI is InChI=1S/C8H20N4O2S/c9-3-1-2-4-11-15(13,14)12-7-5-10-6-8-12/h10-11H,1-9H2. The van der Waals surface area contributed by atoms with E-state index in [0.29, 0.717) is 26.2 Å². The molecule has 7 heteroatoms. The predicted octanol–water partition coefficient (Wildman–Crippen LogP) is -1.54. The first-order valence-electron chi connectivity index (χ1n) is 5.32. The Morgan fingerprint density at radius 3 is 2.53 bits per heavy atom. The van der Waals surface area contributed by atoms with Gasteiger partial charge in [-0.15, -0.1) is 0 Å². The third kappa shape index (κ3) is 4.43. The van der Waals surface area contributed by atoms with Crippen LogP contribution in [0.5, 0.6) is 0 Å². The molecule has 1 rings (SSSR count). The van der Waals surface area contributed by atoms with Gasteiger partial charge in [-0.2, -0.15) is 12.7 Å². The highest BCUT2D eigenvalue weighted by atomic mass is 32.2. The molecule has 0 amide bonds. The Morgan fingerprint density at radius 1 is 1.27 bits per heavy atom. The van der Waals surface area contributed by atoms with Gasteiger partial charge in [-0.25, -0.2) is 4.72 Å². The number of nitrogens with two attached hydrogens (primary N) is 1. The zero-order chi connectivity index (χ0) is 11.1. The van der Waals surface area contributed by atoms with Crippen LogP contribution in [0, 0.1) is 0 Å². The van der Waals surface area contributed by atoms with Gasteiger partial charge in [0.05, 0.1) is 0 Å². The van der Waals surface area contributed by atoms with Crippen molar-refractivity contribution in [1.82, 2.24) is 14.3 Å². The normalized spacial score (nSPS) is 19.3. The van der Waals surface area contributed by atoms with Crippen LogP contribution in [-0.2, 0) is 10.2 Å². The fourth-order valence-corrected chi connectivity index (χ4v) is 2.69. The van der Waals surface area contributed by atoms with Crippen molar-refractivity contribution >= 4 is 10.2 Å². The van der Waals surface area contributed by atoms with Crippen LogP contribution in [0.15, 0.2) is 0 Å². The van der Waals surface area contributed by atoms with Crippen LogP contribution in [0.4, 0.5) is 0 Å². The second-order valence-corrected chi connectivity index (χ2v) is 5.30. The van der Waals surface area contributed by atoms with Gasteiger partial charge < -0.3 is 11.1 Å². The van der Waals surface area contributed by atoms with Crippen molar-refractivity contribution in [2.75, 3.05) is 39.3 Å². The van der Waals surface area contributed by atoms with E-state index in [-0.39, 0.29) is 0 Å². The van der Waals surface area contributed by atoms with E-state index >= 15 is 0 Å². The van der Waals surface area contributed by atoms with Crippen molar-refractivity contribution in [2.45, 2.75) is 12.8 Å². The maximum Gasteiger partial charge on any atom is 0.279 e. The molecule has 90 valence electrons. The summed E-state index contributed by atoms with van der Waals surface area (Å²) in [7, 11) is -3.26. The summed E-state index contributed by atoms with van der Waals surface area (Å²) in [6.07, 6.45) is 1.64. The lowest BCUT2D eigenvalue weighted by molar-refractivity contribution is 0.354. The molecule has 0 atom stereocenters. The van der Waals surface area contributed by atoms with Gasteiger partial charge in [-0.05, 0) is 19.4 Å². The van der Waals surface area contributed by atoms with Gasteiger partial charge in [0, 0.05) is 32.7 Å². The molecule has 0 unspecified atom stereocenters. The largest absolute Gasteiger partial charge is 0.330 e. The molecule has 0 bridgehead atoms. The van der Waals surface area contributed by atoms with E-state index in [0.717, 1.165) is 25.9 Å². The van der Waals surface area contributed by atoms with E-state index in [4.69, 9.17) is 5.73 Å². The van der Waals surface area contributed by atoms with Crippen molar-refractivity contribution < 1.29 is 8.42 Å². The SMILES string of the molecule is NCCCCNS(=O)(=O)N1CCNCC1. The Bertz CT molecular complexity index is 262. The minimum Gasteiger partial charge on any atom is -0.330 e. The van der Waals surface area contributed by atoms with E-state index < -0.39 is 10.2 Å². The minimum absolute atomic E-state index is 0.476. The van der Waals surface area contributed by atoms with Gasteiger partial charge in [0.15, 0.2) is 0 Å². The van der Waals surface area contributed by atoms with Crippen LogP contribution in [0.3, 0.4) is 0 Å².